The second-order valence-corrected chi connectivity index (χ2v) is 12.6. The highest BCUT2D eigenvalue weighted by Gasteiger charge is 2.35. The first kappa shape index (κ1) is 20.0. The van der Waals surface area contributed by atoms with Crippen molar-refractivity contribution in [1.82, 2.24) is 0 Å². The fourth-order valence-corrected chi connectivity index (χ4v) is 7.60. The summed E-state index contributed by atoms with van der Waals surface area (Å²) >= 11 is 0. The zero-order valence-corrected chi connectivity index (χ0v) is 14.6. The van der Waals surface area contributed by atoms with E-state index in [0.717, 1.165) is 12.1 Å². The summed E-state index contributed by atoms with van der Waals surface area (Å²) in [5, 5.41) is 0. The molecule has 0 aromatic heterocycles. The van der Waals surface area contributed by atoms with Crippen molar-refractivity contribution in [2.24, 2.45) is 0 Å². The maximum absolute atomic E-state index is 13.3. The first-order valence-electron chi connectivity index (χ1n) is 6.55. The molecule has 0 radical (unpaired) electrons. The highest BCUT2D eigenvalue weighted by atomic mass is 28.3. The Balaban J connectivity index is 4.00. The second-order valence-electron chi connectivity index (χ2n) is 5.61. The molecule has 0 rings (SSSR count). The van der Waals surface area contributed by atoms with Gasteiger partial charge in [0.15, 0.2) is 9.76 Å². The largest absolute Gasteiger partial charge is 0.427 e. The molecule has 0 aromatic carbocycles. The highest BCUT2D eigenvalue weighted by Crippen LogP contribution is 2.30. The molecule has 0 amide bonds. The van der Waals surface area contributed by atoms with Gasteiger partial charge in [0.2, 0.25) is 0 Å². The van der Waals surface area contributed by atoms with Crippen molar-refractivity contribution in [2.75, 3.05) is 13.7 Å². The van der Waals surface area contributed by atoms with Gasteiger partial charge in [-0.3, -0.25) is 0 Å². The molecule has 0 spiro atoms. The average Bonchev–Trinajstić information content (AvgIpc) is 2.25. The third kappa shape index (κ3) is 11.8. The van der Waals surface area contributed by atoms with Crippen molar-refractivity contribution in [3.63, 3.8) is 0 Å². The van der Waals surface area contributed by atoms with Crippen LogP contribution in [0.1, 0.15) is 12.8 Å². The molecule has 122 valence electrons. The number of hydrogen-bond acceptors (Lipinski definition) is 2. The van der Waals surface area contributed by atoms with Gasteiger partial charge in [-0.05, 0) is 12.1 Å². The summed E-state index contributed by atoms with van der Waals surface area (Å²) in [4.78, 5) is 0. The van der Waals surface area contributed by atoms with Gasteiger partial charge in [0.1, 0.15) is 0 Å². The summed E-state index contributed by atoms with van der Waals surface area (Å²) in [6.07, 6.45) is -9.77. The lowest BCUT2D eigenvalue weighted by Crippen LogP contribution is -2.31. The molecular formula is C11H23F5O2Si2. The summed E-state index contributed by atoms with van der Waals surface area (Å²) in [5.74, 6) is 0. The number of hydrogen-bond donors (Lipinski definition) is 0. The van der Waals surface area contributed by atoms with Crippen LogP contribution in [0.25, 0.3) is 0 Å². The van der Waals surface area contributed by atoms with E-state index in [0.29, 0.717) is 6.04 Å². The minimum Gasteiger partial charge on any atom is -0.427 e. The molecule has 2 nitrogen and oxygen atoms in total. The summed E-state index contributed by atoms with van der Waals surface area (Å²) in [6, 6.07) is 2.20. The molecule has 0 aromatic rings. The number of rotatable bonds is 10. The fraction of sp³-hybridized carbons (Fsp3) is 1.00. The third-order valence-electron chi connectivity index (χ3n) is 2.99. The van der Waals surface area contributed by atoms with Crippen molar-refractivity contribution < 1.29 is 31.1 Å². The van der Waals surface area contributed by atoms with Gasteiger partial charge in [0.25, 0.3) is 0 Å². The Morgan fingerprint density at radius 1 is 1.00 bits per heavy atom. The van der Waals surface area contributed by atoms with E-state index >= 15 is 0 Å². The topological polar surface area (TPSA) is 18.5 Å². The van der Waals surface area contributed by atoms with E-state index in [4.69, 9.17) is 4.43 Å². The average molecular weight is 338 g/mol. The Kier molecular flexibility index (Phi) is 8.45. The Bertz CT molecular complexity index is 272. The van der Waals surface area contributed by atoms with Gasteiger partial charge in [0.05, 0.1) is 13.0 Å². The van der Waals surface area contributed by atoms with Crippen LogP contribution in [0.3, 0.4) is 0 Å². The first-order valence-corrected chi connectivity index (χ1v) is 11.5. The Labute approximate surface area is 120 Å². The van der Waals surface area contributed by atoms with Crippen LogP contribution >= 0.6 is 0 Å². The molecule has 0 aliphatic rings. The highest BCUT2D eigenvalue weighted by molar-refractivity contribution is 6.77. The van der Waals surface area contributed by atoms with Crippen molar-refractivity contribution >= 4 is 17.8 Å². The lowest BCUT2D eigenvalue weighted by atomic mass is 10.4. The van der Waals surface area contributed by atoms with Crippen molar-refractivity contribution in [3.05, 3.63) is 0 Å². The summed E-state index contributed by atoms with van der Waals surface area (Å²) in [7, 11) is -0.659. The van der Waals surface area contributed by atoms with Gasteiger partial charge in [-0.1, -0.05) is 19.1 Å². The van der Waals surface area contributed by atoms with Gasteiger partial charge >= 0.3 is 12.3 Å². The monoisotopic (exact) mass is 338 g/mol. The van der Waals surface area contributed by atoms with E-state index in [9.17, 15) is 22.0 Å². The smallest absolute Gasteiger partial charge is 0.391 e. The van der Waals surface area contributed by atoms with Crippen molar-refractivity contribution in [2.45, 2.75) is 56.4 Å². The Morgan fingerprint density at radius 3 is 2.10 bits per heavy atom. The predicted molar refractivity (Wildman–Crippen MR) is 73.6 cm³/mol. The zero-order valence-electron chi connectivity index (χ0n) is 12.2. The normalized spacial score (nSPS) is 14.4. The minimum absolute atomic E-state index is 0.337. The van der Waals surface area contributed by atoms with Crippen LogP contribution in [-0.2, 0) is 9.16 Å². The van der Waals surface area contributed by atoms with Gasteiger partial charge in [-0.2, -0.15) is 22.0 Å². The Hall–Kier alpha value is 0.00377. The third-order valence-corrected chi connectivity index (χ3v) is 8.06. The molecule has 0 saturated heterocycles. The van der Waals surface area contributed by atoms with E-state index in [2.05, 4.69) is 4.74 Å². The molecule has 0 N–H and O–H groups in total. The molecule has 0 atom stereocenters. The van der Waals surface area contributed by atoms with Crippen LogP contribution in [0.4, 0.5) is 22.0 Å². The van der Waals surface area contributed by atoms with Gasteiger partial charge in [-0.15, -0.1) is 0 Å². The standard InChI is InChI=1S/C11H23F5O2Si2/c1-17-19-7-9-20(2,3)8-5-11(15,16)18-6-4-10(12,13)14/h4-9,19H2,1-3H3. The molecule has 0 unspecified atom stereocenters. The summed E-state index contributed by atoms with van der Waals surface area (Å²) < 4.78 is 71.4. The van der Waals surface area contributed by atoms with Gasteiger partial charge in [-0.25, -0.2) is 0 Å². The maximum atomic E-state index is 13.3. The summed E-state index contributed by atoms with van der Waals surface area (Å²) in [5.41, 5.74) is 0. The summed E-state index contributed by atoms with van der Waals surface area (Å²) in [6.45, 7) is 3.01. The minimum atomic E-state index is -4.46. The van der Waals surface area contributed by atoms with Crippen LogP contribution < -0.4 is 0 Å². The molecule has 0 aliphatic heterocycles. The van der Waals surface area contributed by atoms with Crippen LogP contribution in [0.15, 0.2) is 0 Å². The molecular weight excluding hydrogens is 315 g/mol. The van der Waals surface area contributed by atoms with E-state index < -0.39 is 49.6 Å². The lowest BCUT2D eigenvalue weighted by Gasteiger charge is -2.25. The van der Waals surface area contributed by atoms with Crippen LogP contribution in [-0.4, -0.2) is 43.8 Å². The quantitative estimate of drug-likeness (QED) is 0.343. The molecule has 0 fully saturated rings. The number of halogens is 5. The van der Waals surface area contributed by atoms with Crippen LogP contribution in [0.5, 0.6) is 0 Å². The maximum Gasteiger partial charge on any atom is 0.391 e. The van der Waals surface area contributed by atoms with E-state index in [-0.39, 0.29) is 0 Å². The van der Waals surface area contributed by atoms with E-state index in [1.807, 2.05) is 13.1 Å². The van der Waals surface area contributed by atoms with E-state index in [1.165, 1.54) is 0 Å². The van der Waals surface area contributed by atoms with Gasteiger partial charge in [0, 0.05) is 21.6 Å². The lowest BCUT2D eigenvalue weighted by molar-refractivity contribution is -0.252. The molecule has 9 heteroatoms. The zero-order chi connectivity index (χ0) is 15.9. The number of alkyl halides is 5. The molecule has 0 bridgehead atoms. The SMILES string of the molecule is CO[SiH2]CC[Si](C)(C)CCC(F)(F)OCCC(F)(F)F. The molecule has 20 heavy (non-hydrogen) atoms. The predicted octanol–water partition coefficient (Wildman–Crippen LogP) is 3.80. The molecule has 0 heterocycles. The fourth-order valence-electron chi connectivity index (χ4n) is 1.69. The molecule has 0 aliphatic carbocycles. The second kappa shape index (κ2) is 8.45. The first-order chi connectivity index (χ1) is 8.97. The van der Waals surface area contributed by atoms with Crippen molar-refractivity contribution in [1.29, 1.82) is 0 Å². The van der Waals surface area contributed by atoms with Gasteiger partial charge < -0.3 is 9.16 Å². The van der Waals surface area contributed by atoms with E-state index in [1.54, 1.807) is 7.11 Å². The molecule has 0 saturated carbocycles. The van der Waals surface area contributed by atoms with Crippen LogP contribution in [0.2, 0.25) is 31.2 Å². The number of ether oxygens (including phenoxy) is 1. The Morgan fingerprint density at radius 2 is 1.60 bits per heavy atom. The van der Waals surface area contributed by atoms with Crippen molar-refractivity contribution in [3.8, 4) is 0 Å². The van der Waals surface area contributed by atoms with Crippen LogP contribution in [0, 0.1) is 0 Å².